The second-order valence-corrected chi connectivity index (χ2v) is 5.16. The van der Waals surface area contributed by atoms with E-state index in [2.05, 4.69) is 9.89 Å². The maximum absolute atomic E-state index is 6.25. The number of hydrogen-bond donors (Lipinski definition) is 0. The average molecular weight is 291 g/mol. The Hall–Kier alpha value is -1.51. The van der Waals surface area contributed by atoms with Gasteiger partial charge < -0.3 is 4.90 Å². The third kappa shape index (κ3) is 2.46. The molecule has 0 bridgehead atoms. The second kappa shape index (κ2) is 5.24. The van der Waals surface area contributed by atoms with E-state index in [1.807, 2.05) is 48.5 Å². The Balaban J connectivity index is 1.98. The van der Waals surface area contributed by atoms with Gasteiger partial charge in [0.15, 0.2) is 0 Å². The van der Waals surface area contributed by atoms with Gasteiger partial charge in [0, 0.05) is 22.8 Å². The molecule has 0 aromatic heterocycles. The average Bonchev–Trinajstić information content (AvgIpc) is 2.89. The van der Waals surface area contributed by atoms with Gasteiger partial charge in [-0.2, -0.15) is 0 Å². The summed E-state index contributed by atoms with van der Waals surface area (Å²) in [6.45, 7) is 1.64. The van der Waals surface area contributed by atoms with E-state index in [-0.39, 0.29) is 0 Å². The van der Waals surface area contributed by atoms with Crippen LogP contribution in [0.2, 0.25) is 10.0 Å². The second-order valence-electron chi connectivity index (χ2n) is 4.31. The summed E-state index contributed by atoms with van der Waals surface area (Å²) in [5.41, 5.74) is 2.05. The summed E-state index contributed by atoms with van der Waals surface area (Å²) in [4.78, 5) is 6.74. The number of anilines is 1. The predicted molar refractivity (Wildman–Crippen MR) is 81.7 cm³/mol. The van der Waals surface area contributed by atoms with Crippen molar-refractivity contribution in [2.24, 2.45) is 4.99 Å². The van der Waals surface area contributed by atoms with Crippen LogP contribution in [0.5, 0.6) is 0 Å². The first-order valence-corrected chi connectivity index (χ1v) is 6.84. The summed E-state index contributed by atoms with van der Waals surface area (Å²) in [6.07, 6.45) is 0. The molecule has 4 heteroatoms. The molecule has 0 aliphatic carbocycles. The maximum Gasteiger partial charge on any atom is 0.137 e. The number of halogens is 2. The highest BCUT2D eigenvalue weighted by Gasteiger charge is 2.21. The van der Waals surface area contributed by atoms with Crippen molar-refractivity contribution in [2.75, 3.05) is 18.0 Å². The van der Waals surface area contributed by atoms with E-state index in [9.17, 15) is 0 Å². The summed E-state index contributed by atoms with van der Waals surface area (Å²) >= 11 is 12.2. The zero-order chi connectivity index (χ0) is 13.2. The highest BCUT2D eigenvalue weighted by Crippen LogP contribution is 2.25. The number of rotatable bonds is 2. The molecular formula is C15H12Cl2N2. The fourth-order valence-corrected chi connectivity index (χ4v) is 2.54. The highest BCUT2D eigenvalue weighted by molar-refractivity contribution is 6.35. The molecule has 0 amide bonds. The molecule has 0 N–H and O–H groups in total. The molecule has 1 aliphatic heterocycles. The summed E-state index contributed by atoms with van der Waals surface area (Å²) in [6, 6.07) is 15.6. The third-order valence-corrected chi connectivity index (χ3v) is 3.68. The van der Waals surface area contributed by atoms with Crippen LogP contribution in [0.25, 0.3) is 0 Å². The van der Waals surface area contributed by atoms with Crippen LogP contribution in [0, 0.1) is 0 Å². The van der Waals surface area contributed by atoms with Gasteiger partial charge in [0.05, 0.1) is 11.6 Å². The molecule has 0 atom stereocenters. The minimum Gasteiger partial charge on any atom is -0.324 e. The Morgan fingerprint density at radius 2 is 1.68 bits per heavy atom. The summed E-state index contributed by atoms with van der Waals surface area (Å²) in [5, 5.41) is 1.46. The SMILES string of the molecule is Clc1ccc(N2CCN=C2c2ccccc2Cl)cc1. The minimum absolute atomic E-state index is 0.724. The van der Waals surface area contributed by atoms with Gasteiger partial charge in [0.1, 0.15) is 5.84 Å². The van der Waals surface area contributed by atoms with E-state index in [1.54, 1.807) is 0 Å². The first-order chi connectivity index (χ1) is 9.25. The van der Waals surface area contributed by atoms with E-state index in [4.69, 9.17) is 23.2 Å². The lowest BCUT2D eigenvalue weighted by atomic mass is 10.2. The van der Waals surface area contributed by atoms with Crippen LogP contribution in [-0.2, 0) is 0 Å². The fourth-order valence-electron chi connectivity index (χ4n) is 2.19. The highest BCUT2D eigenvalue weighted by atomic mass is 35.5. The molecule has 0 fully saturated rings. The largest absolute Gasteiger partial charge is 0.324 e. The zero-order valence-electron chi connectivity index (χ0n) is 10.2. The first-order valence-electron chi connectivity index (χ1n) is 6.08. The van der Waals surface area contributed by atoms with E-state index >= 15 is 0 Å². The van der Waals surface area contributed by atoms with Gasteiger partial charge in [-0.1, -0.05) is 35.3 Å². The summed E-state index contributed by atoms with van der Waals surface area (Å²) in [7, 11) is 0. The Labute approximate surface area is 122 Å². The molecule has 0 spiro atoms. The Morgan fingerprint density at radius 3 is 2.42 bits per heavy atom. The maximum atomic E-state index is 6.25. The van der Waals surface area contributed by atoms with Crippen LogP contribution < -0.4 is 4.90 Å². The van der Waals surface area contributed by atoms with Crippen molar-refractivity contribution in [3.05, 3.63) is 64.1 Å². The Kier molecular flexibility index (Phi) is 3.45. The number of hydrogen-bond acceptors (Lipinski definition) is 2. The van der Waals surface area contributed by atoms with E-state index in [0.717, 1.165) is 40.2 Å². The van der Waals surface area contributed by atoms with E-state index in [0.29, 0.717) is 0 Å². The summed E-state index contributed by atoms with van der Waals surface area (Å²) in [5.74, 6) is 0.924. The number of amidine groups is 1. The molecule has 19 heavy (non-hydrogen) atoms. The van der Waals surface area contributed by atoms with Gasteiger partial charge in [-0.05, 0) is 36.4 Å². The normalized spacial score (nSPS) is 14.6. The van der Waals surface area contributed by atoms with Crippen LogP contribution in [0.3, 0.4) is 0 Å². The molecule has 2 nitrogen and oxygen atoms in total. The molecular weight excluding hydrogens is 279 g/mol. The Morgan fingerprint density at radius 1 is 0.947 bits per heavy atom. The van der Waals surface area contributed by atoms with Crippen LogP contribution in [0.1, 0.15) is 5.56 Å². The molecule has 96 valence electrons. The van der Waals surface area contributed by atoms with Crippen molar-refractivity contribution in [2.45, 2.75) is 0 Å². The lowest BCUT2D eigenvalue weighted by Gasteiger charge is -2.21. The molecule has 2 aromatic rings. The topological polar surface area (TPSA) is 15.6 Å². The van der Waals surface area contributed by atoms with Crippen LogP contribution in [-0.4, -0.2) is 18.9 Å². The predicted octanol–water partition coefficient (Wildman–Crippen LogP) is 4.26. The summed E-state index contributed by atoms with van der Waals surface area (Å²) < 4.78 is 0. The smallest absolute Gasteiger partial charge is 0.137 e. The fraction of sp³-hybridized carbons (Fsp3) is 0.133. The molecule has 0 unspecified atom stereocenters. The molecule has 2 aromatic carbocycles. The molecule has 3 rings (SSSR count). The van der Waals surface area contributed by atoms with Gasteiger partial charge >= 0.3 is 0 Å². The zero-order valence-corrected chi connectivity index (χ0v) is 11.7. The lowest BCUT2D eigenvalue weighted by molar-refractivity contribution is 1.02. The van der Waals surface area contributed by atoms with Crippen molar-refractivity contribution in [1.82, 2.24) is 0 Å². The minimum atomic E-state index is 0.724. The van der Waals surface area contributed by atoms with Gasteiger partial charge in [-0.15, -0.1) is 0 Å². The van der Waals surface area contributed by atoms with Crippen LogP contribution in [0.15, 0.2) is 53.5 Å². The molecule has 0 saturated carbocycles. The standard InChI is InChI=1S/C15H12Cl2N2/c16-11-5-7-12(8-6-11)19-10-9-18-15(19)13-3-1-2-4-14(13)17/h1-8H,9-10H2. The van der Waals surface area contributed by atoms with Crippen LogP contribution in [0.4, 0.5) is 5.69 Å². The van der Waals surface area contributed by atoms with Crippen molar-refractivity contribution >= 4 is 34.7 Å². The monoisotopic (exact) mass is 290 g/mol. The lowest BCUT2D eigenvalue weighted by Crippen LogP contribution is -2.28. The van der Waals surface area contributed by atoms with Gasteiger partial charge in [-0.25, -0.2) is 0 Å². The van der Waals surface area contributed by atoms with Crippen molar-refractivity contribution < 1.29 is 0 Å². The number of nitrogens with zero attached hydrogens (tertiary/aromatic N) is 2. The molecule has 1 heterocycles. The first kappa shape index (κ1) is 12.5. The number of aliphatic imine (C=N–C) groups is 1. The quantitative estimate of drug-likeness (QED) is 0.807. The molecule has 1 aliphatic rings. The molecule has 0 saturated heterocycles. The third-order valence-electron chi connectivity index (χ3n) is 3.09. The van der Waals surface area contributed by atoms with E-state index in [1.165, 1.54) is 0 Å². The van der Waals surface area contributed by atoms with Crippen molar-refractivity contribution in [3.63, 3.8) is 0 Å². The number of benzene rings is 2. The van der Waals surface area contributed by atoms with E-state index < -0.39 is 0 Å². The van der Waals surface area contributed by atoms with Crippen LogP contribution >= 0.6 is 23.2 Å². The Bertz CT molecular complexity index is 620. The van der Waals surface area contributed by atoms with Gasteiger partial charge in [0.2, 0.25) is 0 Å². The molecule has 0 radical (unpaired) electrons. The van der Waals surface area contributed by atoms with Gasteiger partial charge in [-0.3, -0.25) is 4.99 Å². The van der Waals surface area contributed by atoms with Gasteiger partial charge in [0.25, 0.3) is 0 Å². The van der Waals surface area contributed by atoms with Crippen molar-refractivity contribution in [3.8, 4) is 0 Å². The van der Waals surface area contributed by atoms with Crippen molar-refractivity contribution in [1.29, 1.82) is 0 Å².